The highest BCUT2D eigenvalue weighted by molar-refractivity contribution is 14.0. The molecule has 0 aliphatic heterocycles. The van der Waals surface area contributed by atoms with Crippen LogP contribution in [-0.2, 0) is 22.0 Å². The second kappa shape index (κ2) is 11.7. The van der Waals surface area contributed by atoms with Gasteiger partial charge in [0.05, 0.1) is 0 Å². The number of benzene rings is 1. The van der Waals surface area contributed by atoms with Gasteiger partial charge in [-0.2, -0.15) is 0 Å². The monoisotopic (exact) mass is 505 g/mol. The van der Waals surface area contributed by atoms with Crippen molar-refractivity contribution in [3.05, 3.63) is 58.3 Å². The predicted molar refractivity (Wildman–Crippen MR) is 125 cm³/mol. The van der Waals surface area contributed by atoms with Crippen LogP contribution < -0.4 is 10.6 Å². The lowest BCUT2D eigenvalue weighted by Gasteiger charge is -2.25. The first kappa shape index (κ1) is 23.1. The Labute approximate surface area is 180 Å². The van der Waals surface area contributed by atoms with Crippen LogP contribution in [0.1, 0.15) is 24.3 Å². The Hall–Kier alpha value is -0.930. The van der Waals surface area contributed by atoms with Gasteiger partial charge < -0.3 is 10.6 Å². The van der Waals surface area contributed by atoms with Crippen molar-refractivity contribution in [2.75, 3.05) is 25.9 Å². The van der Waals surface area contributed by atoms with E-state index in [1.807, 2.05) is 30.3 Å². The van der Waals surface area contributed by atoms with Gasteiger partial charge >= 0.3 is 0 Å². The second-order valence-electron chi connectivity index (χ2n) is 6.49. The van der Waals surface area contributed by atoms with Gasteiger partial charge in [-0.15, -0.1) is 35.3 Å². The van der Waals surface area contributed by atoms with Gasteiger partial charge in [-0.05, 0) is 17.0 Å². The number of rotatable bonds is 8. The molecule has 7 heteroatoms. The minimum atomic E-state index is -0.878. The number of hydrogen-bond acceptors (Lipinski definition) is 3. The summed E-state index contributed by atoms with van der Waals surface area (Å²) in [5.74, 6) is 1.95. The van der Waals surface area contributed by atoms with Gasteiger partial charge in [0.2, 0.25) is 0 Å². The summed E-state index contributed by atoms with van der Waals surface area (Å²) in [4.78, 5) is 5.60. The number of guanidine groups is 1. The number of nitrogens with zero attached hydrogens (tertiary/aromatic N) is 1. The zero-order valence-electron chi connectivity index (χ0n) is 15.5. The summed E-state index contributed by atoms with van der Waals surface area (Å²) in [6.07, 6.45) is 0. The minimum absolute atomic E-state index is 0. The summed E-state index contributed by atoms with van der Waals surface area (Å²) in [5.41, 5.74) is 1.16. The van der Waals surface area contributed by atoms with Crippen molar-refractivity contribution >= 4 is 52.1 Å². The molecule has 144 valence electrons. The Morgan fingerprint density at radius 3 is 2.50 bits per heavy atom. The fourth-order valence-corrected chi connectivity index (χ4v) is 4.28. The molecule has 1 aromatic carbocycles. The van der Waals surface area contributed by atoms with Crippen LogP contribution in [-0.4, -0.2) is 36.1 Å². The van der Waals surface area contributed by atoms with E-state index < -0.39 is 10.8 Å². The Balaban J connectivity index is 0.00000338. The Morgan fingerprint density at radius 2 is 1.88 bits per heavy atom. The molecule has 26 heavy (non-hydrogen) atoms. The average molecular weight is 505 g/mol. The topological polar surface area (TPSA) is 53.5 Å². The van der Waals surface area contributed by atoms with Gasteiger partial charge in [-0.25, -0.2) is 0 Å². The van der Waals surface area contributed by atoms with E-state index in [2.05, 4.69) is 47.0 Å². The van der Waals surface area contributed by atoms with Crippen molar-refractivity contribution in [2.45, 2.75) is 25.0 Å². The number of aliphatic imine (C=N–C) groups is 1. The van der Waals surface area contributed by atoms with Crippen LogP contribution in [0.3, 0.4) is 0 Å². The third-order valence-corrected chi connectivity index (χ3v) is 6.45. The maximum atomic E-state index is 12.2. The fourth-order valence-electron chi connectivity index (χ4n) is 2.39. The minimum Gasteiger partial charge on any atom is -0.356 e. The first-order chi connectivity index (χ1) is 12.0. The molecule has 0 spiro atoms. The molecular weight excluding hydrogens is 477 g/mol. The Kier molecular flexibility index (Phi) is 10.4. The predicted octanol–water partition coefficient (Wildman–Crippen LogP) is 3.76. The van der Waals surface area contributed by atoms with Crippen molar-refractivity contribution in [3.8, 4) is 0 Å². The number of hydrogen-bond donors (Lipinski definition) is 2. The quantitative estimate of drug-likeness (QED) is 0.327. The van der Waals surface area contributed by atoms with Gasteiger partial charge in [0.1, 0.15) is 0 Å². The first-order valence-corrected chi connectivity index (χ1v) is 10.8. The molecule has 1 atom stereocenters. The lowest BCUT2D eigenvalue weighted by atomic mass is 9.91. The Bertz CT molecular complexity index is 688. The van der Waals surface area contributed by atoms with E-state index in [0.29, 0.717) is 18.1 Å². The zero-order valence-corrected chi connectivity index (χ0v) is 19.5. The van der Waals surface area contributed by atoms with E-state index in [0.717, 1.165) is 18.1 Å². The molecule has 0 aliphatic carbocycles. The molecule has 2 aromatic rings. The maximum absolute atomic E-state index is 12.2. The van der Waals surface area contributed by atoms with Crippen molar-refractivity contribution in [1.82, 2.24) is 10.6 Å². The van der Waals surface area contributed by atoms with Crippen LogP contribution in [0.15, 0.2) is 52.8 Å². The molecule has 2 N–H and O–H groups in total. The average Bonchev–Trinajstić information content (AvgIpc) is 3.14. The van der Waals surface area contributed by atoms with E-state index in [1.54, 1.807) is 18.4 Å². The van der Waals surface area contributed by atoms with E-state index >= 15 is 0 Å². The third-order valence-electron chi connectivity index (χ3n) is 3.90. The molecule has 0 saturated carbocycles. The summed E-state index contributed by atoms with van der Waals surface area (Å²) in [7, 11) is 0.880. The van der Waals surface area contributed by atoms with E-state index in [-0.39, 0.29) is 29.4 Å². The second-order valence-corrected chi connectivity index (χ2v) is 9.01. The van der Waals surface area contributed by atoms with Crippen molar-refractivity contribution in [2.24, 2.45) is 4.99 Å². The van der Waals surface area contributed by atoms with Gasteiger partial charge in [-0.3, -0.25) is 9.20 Å². The normalized spacial score (nSPS) is 13.0. The fraction of sp³-hybridized carbons (Fsp3) is 0.421. The van der Waals surface area contributed by atoms with E-state index in [1.165, 1.54) is 4.88 Å². The maximum Gasteiger partial charge on any atom is 0.191 e. The summed E-state index contributed by atoms with van der Waals surface area (Å²) >= 11 is 1.77. The lowest BCUT2D eigenvalue weighted by molar-refractivity contribution is 0.519. The highest BCUT2D eigenvalue weighted by Gasteiger charge is 2.21. The molecule has 0 amide bonds. The van der Waals surface area contributed by atoms with Crippen LogP contribution >= 0.6 is 35.3 Å². The lowest BCUT2D eigenvalue weighted by Crippen LogP contribution is -2.44. The van der Waals surface area contributed by atoms with Crippen molar-refractivity contribution in [1.29, 1.82) is 0 Å². The Morgan fingerprint density at radius 1 is 1.15 bits per heavy atom. The summed E-state index contributed by atoms with van der Waals surface area (Å²) in [5, 5.41) is 8.72. The molecule has 1 heterocycles. The van der Waals surface area contributed by atoms with Crippen LogP contribution in [0.25, 0.3) is 0 Å². The molecule has 1 aromatic heterocycles. The third kappa shape index (κ3) is 7.75. The molecule has 4 nitrogen and oxygen atoms in total. The summed E-state index contributed by atoms with van der Waals surface area (Å²) in [6.45, 7) is 5.86. The van der Waals surface area contributed by atoms with Crippen LogP contribution in [0.5, 0.6) is 0 Å². The summed E-state index contributed by atoms with van der Waals surface area (Å²) in [6, 6.07) is 14.2. The molecular formula is C19H28IN3OS2. The van der Waals surface area contributed by atoms with Gasteiger partial charge in [0.25, 0.3) is 0 Å². The molecule has 0 bridgehead atoms. The number of halogens is 1. The smallest absolute Gasteiger partial charge is 0.191 e. The SMILES string of the molecule is CN=C(NCCS(=O)Cc1ccccc1)NCC(C)(C)c1cccs1.I. The van der Waals surface area contributed by atoms with Crippen LogP contribution in [0.4, 0.5) is 0 Å². The van der Waals surface area contributed by atoms with Gasteiger partial charge in [-0.1, -0.05) is 50.2 Å². The largest absolute Gasteiger partial charge is 0.356 e. The molecule has 1 unspecified atom stereocenters. The first-order valence-electron chi connectivity index (χ1n) is 8.38. The molecule has 0 aliphatic rings. The zero-order chi connectivity index (χ0) is 18.1. The van der Waals surface area contributed by atoms with Crippen LogP contribution in [0, 0.1) is 0 Å². The molecule has 2 rings (SSSR count). The summed E-state index contributed by atoms with van der Waals surface area (Å²) < 4.78 is 12.2. The van der Waals surface area contributed by atoms with Gasteiger partial charge in [0.15, 0.2) is 5.96 Å². The highest BCUT2D eigenvalue weighted by Crippen LogP contribution is 2.26. The van der Waals surface area contributed by atoms with E-state index in [4.69, 9.17) is 0 Å². The number of thiophene rings is 1. The molecule has 0 fully saturated rings. The van der Waals surface area contributed by atoms with E-state index in [9.17, 15) is 4.21 Å². The van der Waals surface area contributed by atoms with Crippen molar-refractivity contribution in [3.63, 3.8) is 0 Å². The van der Waals surface area contributed by atoms with Gasteiger partial charge in [0, 0.05) is 52.7 Å². The number of nitrogens with one attached hydrogen (secondary N) is 2. The molecule has 0 saturated heterocycles. The molecule has 0 radical (unpaired) electrons. The standard InChI is InChI=1S/C19H27N3OS2.HI/c1-19(2,17-10-7-12-24-17)15-22-18(20-3)21-11-13-25(23)14-16-8-5-4-6-9-16;/h4-10,12H,11,13-15H2,1-3H3,(H2,20,21,22);1H. The highest BCUT2D eigenvalue weighted by atomic mass is 127. The van der Waals surface area contributed by atoms with Crippen molar-refractivity contribution < 1.29 is 4.21 Å². The van der Waals surface area contributed by atoms with Crippen LogP contribution in [0.2, 0.25) is 0 Å².